The minimum absolute atomic E-state index is 0.735. The molecule has 1 nitrogen and oxygen atoms in total. The number of aliphatic imine (C=N–C) groups is 1. The molecule has 0 amide bonds. The number of benzene rings is 1. The first-order valence-corrected chi connectivity index (χ1v) is 6.40. The van der Waals surface area contributed by atoms with Crippen molar-refractivity contribution in [1.29, 1.82) is 0 Å². The van der Waals surface area contributed by atoms with Gasteiger partial charge in [-0.05, 0) is 52.6 Å². The molecule has 0 N–H and O–H groups in total. The van der Waals surface area contributed by atoms with Crippen LogP contribution in [0.25, 0.3) is 0 Å². The van der Waals surface area contributed by atoms with Crippen LogP contribution in [0.5, 0.6) is 0 Å². The van der Waals surface area contributed by atoms with Crippen LogP contribution in [-0.2, 0) is 0 Å². The van der Waals surface area contributed by atoms with E-state index in [-0.39, 0.29) is 0 Å². The van der Waals surface area contributed by atoms with Gasteiger partial charge in [-0.3, -0.25) is 0 Å². The van der Waals surface area contributed by atoms with Crippen molar-refractivity contribution in [3.05, 3.63) is 34.7 Å². The number of thioether (sulfide) groups is 1. The highest BCUT2D eigenvalue weighted by molar-refractivity contribution is 14.1. The molecular formula is C10H9ClINS. The molecule has 0 heterocycles. The van der Waals surface area contributed by atoms with Crippen LogP contribution < -0.4 is 0 Å². The standard InChI is InChI=1S/C10H9ClINS/c1-3-14-9-5-8(11)4-7(2)10(9)13-6-12/h3-6H,1H2,2H3. The van der Waals surface area contributed by atoms with Crippen molar-refractivity contribution in [3.8, 4) is 0 Å². The molecule has 74 valence electrons. The van der Waals surface area contributed by atoms with Crippen molar-refractivity contribution in [3.63, 3.8) is 0 Å². The first-order chi connectivity index (χ1) is 6.69. The smallest absolute Gasteiger partial charge is 0.0804 e. The molecule has 0 bridgehead atoms. The summed E-state index contributed by atoms with van der Waals surface area (Å²) in [5.74, 6) is 0. The summed E-state index contributed by atoms with van der Waals surface area (Å²) in [6, 6.07) is 3.81. The second-order valence-electron chi connectivity index (χ2n) is 2.58. The maximum Gasteiger partial charge on any atom is 0.0804 e. The molecule has 0 unspecified atom stereocenters. The Hall–Kier alpha value is -0.000000000000000111. The minimum atomic E-state index is 0.735. The summed E-state index contributed by atoms with van der Waals surface area (Å²) >= 11 is 9.59. The fourth-order valence-electron chi connectivity index (χ4n) is 1.10. The fraction of sp³-hybridized carbons (Fsp3) is 0.100. The average molecular weight is 338 g/mol. The van der Waals surface area contributed by atoms with Gasteiger partial charge in [0, 0.05) is 9.92 Å². The molecule has 1 aromatic carbocycles. The van der Waals surface area contributed by atoms with Crippen molar-refractivity contribution in [2.24, 2.45) is 4.99 Å². The number of aryl methyl sites for hydroxylation is 1. The van der Waals surface area contributed by atoms with E-state index >= 15 is 0 Å². The summed E-state index contributed by atoms with van der Waals surface area (Å²) in [5, 5.41) is 2.51. The molecule has 0 saturated heterocycles. The second kappa shape index (κ2) is 5.78. The van der Waals surface area contributed by atoms with Crippen LogP contribution in [0.2, 0.25) is 5.02 Å². The van der Waals surface area contributed by atoms with E-state index in [1.54, 1.807) is 9.63 Å². The average Bonchev–Trinajstić information content (AvgIpc) is 2.11. The van der Waals surface area contributed by atoms with Crippen LogP contribution in [0.4, 0.5) is 5.69 Å². The van der Waals surface area contributed by atoms with E-state index in [0.717, 1.165) is 21.2 Å². The molecule has 1 aromatic rings. The number of hydrogen-bond donors (Lipinski definition) is 0. The zero-order valence-electron chi connectivity index (χ0n) is 7.63. The van der Waals surface area contributed by atoms with Gasteiger partial charge in [-0.1, -0.05) is 29.9 Å². The van der Waals surface area contributed by atoms with Crippen molar-refractivity contribution in [2.45, 2.75) is 11.8 Å². The predicted octanol–water partition coefficient (Wildman–Crippen LogP) is 4.98. The third-order valence-corrected chi connectivity index (χ3v) is 2.85. The Bertz CT molecular complexity index is 377. The lowest BCUT2D eigenvalue weighted by Gasteiger charge is -2.06. The largest absolute Gasteiger partial charge is 0.249 e. The summed E-state index contributed by atoms with van der Waals surface area (Å²) in [6.07, 6.45) is 0. The lowest BCUT2D eigenvalue weighted by atomic mass is 10.2. The van der Waals surface area contributed by atoms with Crippen LogP contribution >= 0.6 is 46.0 Å². The Morgan fingerprint density at radius 2 is 2.29 bits per heavy atom. The van der Waals surface area contributed by atoms with Crippen molar-refractivity contribution in [2.75, 3.05) is 0 Å². The van der Waals surface area contributed by atoms with Gasteiger partial charge in [0.2, 0.25) is 0 Å². The van der Waals surface area contributed by atoms with Gasteiger partial charge in [-0.2, -0.15) is 0 Å². The van der Waals surface area contributed by atoms with Crippen LogP contribution in [0.1, 0.15) is 5.56 Å². The summed E-state index contributed by atoms with van der Waals surface area (Å²) in [4.78, 5) is 5.34. The van der Waals surface area contributed by atoms with Gasteiger partial charge in [-0.15, -0.1) is 0 Å². The molecular weight excluding hydrogens is 329 g/mol. The van der Waals surface area contributed by atoms with E-state index < -0.39 is 0 Å². The first kappa shape index (κ1) is 12.1. The van der Waals surface area contributed by atoms with Gasteiger partial charge in [0.25, 0.3) is 0 Å². The molecule has 0 aliphatic rings. The number of hydrogen-bond acceptors (Lipinski definition) is 2. The molecule has 0 atom stereocenters. The highest BCUT2D eigenvalue weighted by atomic mass is 127. The van der Waals surface area contributed by atoms with E-state index in [1.165, 1.54) is 11.8 Å². The van der Waals surface area contributed by atoms with Gasteiger partial charge in [0.1, 0.15) is 0 Å². The van der Waals surface area contributed by atoms with Crippen molar-refractivity contribution in [1.82, 2.24) is 0 Å². The molecule has 0 radical (unpaired) electrons. The Labute approximate surface area is 107 Å². The van der Waals surface area contributed by atoms with Crippen molar-refractivity contribution >= 4 is 55.9 Å². The van der Waals surface area contributed by atoms with Crippen LogP contribution in [-0.4, -0.2) is 4.22 Å². The molecule has 0 fully saturated rings. The number of nitrogens with zero attached hydrogens (tertiary/aromatic N) is 1. The van der Waals surface area contributed by atoms with Crippen LogP contribution in [0, 0.1) is 6.92 Å². The van der Waals surface area contributed by atoms with E-state index in [9.17, 15) is 0 Å². The van der Waals surface area contributed by atoms with Gasteiger partial charge < -0.3 is 0 Å². The van der Waals surface area contributed by atoms with E-state index in [0.29, 0.717) is 0 Å². The summed E-state index contributed by atoms with van der Waals surface area (Å²) in [6.45, 7) is 5.68. The lowest BCUT2D eigenvalue weighted by molar-refractivity contribution is 1.31. The first-order valence-electron chi connectivity index (χ1n) is 3.89. The molecule has 0 aromatic heterocycles. The normalized spacial score (nSPS) is 10.8. The zero-order chi connectivity index (χ0) is 10.6. The van der Waals surface area contributed by atoms with E-state index in [2.05, 4.69) is 34.2 Å². The zero-order valence-corrected chi connectivity index (χ0v) is 11.4. The van der Waals surface area contributed by atoms with E-state index in [4.69, 9.17) is 11.6 Å². The van der Waals surface area contributed by atoms with Gasteiger partial charge in [0.05, 0.1) is 9.91 Å². The number of rotatable bonds is 3. The van der Waals surface area contributed by atoms with Crippen LogP contribution in [0.15, 0.2) is 34.0 Å². The topological polar surface area (TPSA) is 12.4 Å². The van der Waals surface area contributed by atoms with Gasteiger partial charge in [-0.25, -0.2) is 4.99 Å². The number of halogens is 2. The molecule has 0 aliphatic heterocycles. The highest BCUT2D eigenvalue weighted by Gasteiger charge is 2.05. The Morgan fingerprint density at radius 1 is 1.57 bits per heavy atom. The SMILES string of the molecule is C=CSc1cc(Cl)cc(C)c1N=CI. The Kier molecular flexibility index (Phi) is 4.98. The molecule has 1 rings (SSSR count). The maximum atomic E-state index is 5.96. The third-order valence-electron chi connectivity index (χ3n) is 1.62. The maximum absolute atomic E-state index is 5.96. The Morgan fingerprint density at radius 3 is 2.86 bits per heavy atom. The quantitative estimate of drug-likeness (QED) is 0.430. The minimum Gasteiger partial charge on any atom is -0.249 e. The predicted molar refractivity (Wildman–Crippen MR) is 74.4 cm³/mol. The molecule has 0 spiro atoms. The summed E-state index contributed by atoms with van der Waals surface area (Å²) < 4.78 is 1.75. The summed E-state index contributed by atoms with van der Waals surface area (Å²) in [7, 11) is 0. The molecule has 14 heavy (non-hydrogen) atoms. The Balaban J connectivity index is 3.27. The molecule has 0 saturated carbocycles. The van der Waals surface area contributed by atoms with Gasteiger partial charge in [0.15, 0.2) is 0 Å². The monoisotopic (exact) mass is 337 g/mol. The second-order valence-corrected chi connectivity index (χ2v) is 4.58. The molecule has 0 aliphatic carbocycles. The van der Waals surface area contributed by atoms with Crippen LogP contribution in [0.3, 0.4) is 0 Å². The van der Waals surface area contributed by atoms with E-state index in [1.807, 2.05) is 19.1 Å². The third kappa shape index (κ3) is 3.00. The molecule has 4 heteroatoms. The fourth-order valence-corrected chi connectivity index (χ4v) is 2.41. The van der Waals surface area contributed by atoms with Gasteiger partial charge >= 0.3 is 0 Å². The summed E-state index contributed by atoms with van der Waals surface area (Å²) in [5.41, 5.74) is 2.04. The lowest BCUT2D eigenvalue weighted by Crippen LogP contribution is -1.79. The highest BCUT2D eigenvalue weighted by Crippen LogP contribution is 2.35. The van der Waals surface area contributed by atoms with Crippen molar-refractivity contribution < 1.29 is 0 Å².